The highest BCUT2D eigenvalue weighted by atomic mass is 127. The Balaban J connectivity index is 1.85. The van der Waals surface area contributed by atoms with Gasteiger partial charge in [-0.2, -0.15) is 0 Å². The molecule has 0 bridgehead atoms. The highest BCUT2D eigenvalue weighted by molar-refractivity contribution is 14.1. The molecule has 2 amide bonds. The molecule has 0 unspecified atom stereocenters. The zero-order chi connectivity index (χ0) is 13.5. The first-order valence-corrected chi connectivity index (χ1v) is 6.86. The van der Waals surface area contributed by atoms with E-state index in [1.54, 1.807) is 6.20 Å². The lowest BCUT2D eigenvalue weighted by atomic mass is 10.2. The van der Waals surface area contributed by atoms with E-state index in [0.29, 0.717) is 0 Å². The number of benzene rings is 2. The molecule has 19 heavy (non-hydrogen) atoms. The van der Waals surface area contributed by atoms with Crippen molar-refractivity contribution in [1.29, 1.82) is 0 Å². The Morgan fingerprint density at radius 1 is 1.00 bits per heavy atom. The summed E-state index contributed by atoms with van der Waals surface area (Å²) in [7, 11) is 0. The van der Waals surface area contributed by atoms with Gasteiger partial charge in [0.1, 0.15) is 0 Å². The van der Waals surface area contributed by atoms with Gasteiger partial charge in [-0.25, -0.2) is 4.79 Å². The van der Waals surface area contributed by atoms with Crippen LogP contribution >= 0.6 is 22.6 Å². The van der Waals surface area contributed by atoms with Crippen molar-refractivity contribution in [3.05, 3.63) is 69.9 Å². The summed E-state index contributed by atoms with van der Waals surface area (Å²) in [5.41, 5.74) is 1.81. The second kappa shape index (κ2) is 6.94. The van der Waals surface area contributed by atoms with Crippen molar-refractivity contribution in [3.63, 3.8) is 0 Å². The fourth-order valence-corrected chi connectivity index (χ4v) is 1.84. The number of halogens is 1. The highest BCUT2D eigenvalue weighted by Crippen LogP contribution is 2.10. The van der Waals surface area contributed by atoms with Crippen LogP contribution < -0.4 is 10.6 Å². The first-order valence-electron chi connectivity index (χ1n) is 5.79. The fraction of sp³-hybridized carbons (Fsp3) is 0. The Kier molecular flexibility index (Phi) is 4.97. The Morgan fingerprint density at radius 2 is 1.68 bits per heavy atom. The van der Waals surface area contributed by atoms with Crippen LogP contribution in [-0.4, -0.2) is 6.03 Å². The van der Waals surface area contributed by atoms with Crippen LogP contribution in [0.15, 0.2) is 60.8 Å². The van der Waals surface area contributed by atoms with E-state index in [1.807, 2.05) is 60.7 Å². The lowest BCUT2D eigenvalue weighted by molar-refractivity contribution is 0.255. The molecular formula is C15H13IN2O. The van der Waals surface area contributed by atoms with Crippen molar-refractivity contribution in [2.45, 2.75) is 0 Å². The van der Waals surface area contributed by atoms with Gasteiger partial charge < -0.3 is 10.6 Å². The Hall–Kier alpha value is -1.82. The minimum Gasteiger partial charge on any atom is -0.314 e. The minimum absolute atomic E-state index is 0.256. The number of anilines is 1. The topological polar surface area (TPSA) is 41.1 Å². The van der Waals surface area contributed by atoms with Gasteiger partial charge in [0, 0.05) is 15.5 Å². The number of carbonyl (C=O) groups is 1. The van der Waals surface area contributed by atoms with E-state index < -0.39 is 0 Å². The molecule has 3 nitrogen and oxygen atoms in total. The summed E-state index contributed by atoms with van der Waals surface area (Å²) in [5.74, 6) is 0. The second-order valence-corrected chi connectivity index (χ2v) is 5.10. The predicted octanol–water partition coefficient (Wildman–Crippen LogP) is 4.08. The summed E-state index contributed by atoms with van der Waals surface area (Å²) in [4.78, 5) is 11.6. The van der Waals surface area contributed by atoms with Gasteiger partial charge in [0.15, 0.2) is 0 Å². The van der Waals surface area contributed by atoms with Gasteiger partial charge >= 0.3 is 6.03 Å². The molecule has 0 saturated carbocycles. The summed E-state index contributed by atoms with van der Waals surface area (Å²) >= 11 is 2.22. The molecule has 0 saturated heterocycles. The Morgan fingerprint density at radius 3 is 2.37 bits per heavy atom. The smallest absolute Gasteiger partial charge is 0.314 e. The molecule has 0 aliphatic carbocycles. The number of hydrogen-bond donors (Lipinski definition) is 2. The van der Waals surface area contributed by atoms with Crippen LogP contribution in [0, 0.1) is 3.57 Å². The molecule has 0 heterocycles. The number of carbonyl (C=O) groups excluding carboxylic acids is 1. The summed E-state index contributed by atoms with van der Waals surface area (Å²) < 4.78 is 1.13. The van der Waals surface area contributed by atoms with Crippen LogP contribution in [0.1, 0.15) is 5.56 Å². The van der Waals surface area contributed by atoms with Gasteiger partial charge in [0.2, 0.25) is 0 Å². The number of rotatable bonds is 3. The predicted molar refractivity (Wildman–Crippen MR) is 86.8 cm³/mol. The molecule has 0 aliphatic rings. The zero-order valence-electron chi connectivity index (χ0n) is 10.1. The van der Waals surface area contributed by atoms with E-state index in [1.165, 1.54) is 0 Å². The van der Waals surface area contributed by atoms with Crippen LogP contribution in [0.2, 0.25) is 0 Å². The van der Waals surface area contributed by atoms with Crippen molar-refractivity contribution in [1.82, 2.24) is 5.32 Å². The van der Waals surface area contributed by atoms with E-state index in [2.05, 4.69) is 33.2 Å². The summed E-state index contributed by atoms with van der Waals surface area (Å²) in [6, 6.07) is 17.1. The van der Waals surface area contributed by atoms with Gasteiger partial charge in [0.05, 0.1) is 0 Å². The third kappa shape index (κ3) is 4.75. The van der Waals surface area contributed by atoms with Gasteiger partial charge in [-0.15, -0.1) is 0 Å². The van der Waals surface area contributed by atoms with E-state index in [-0.39, 0.29) is 6.03 Å². The third-order valence-corrected chi connectivity index (χ3v) is 3.11. The van der Waals surface area contributed by atoms with E-state index in [4.69, 9.17) is 0 Å². The van der Waals surface area contributed by atoms with Crippen molar-refractivity contribution in [2.24, 2.45) is 0 Å². The number of urea groups is 1. The SMILES string of the molecule is O=C(N/C=C/c1ccccc1)Nc1ccc(I)cc1. The summed E-state index contributed by atoms with van der Waals surface area (Å²) in [6.07, 6.45) is 3.46. The van der Waals surface area contributed by atoms with E-state index in [0.717, 1.165) is 14.8 Å². The molecule has 0 atom stereocenters. The average molecular weight is 364 g/mol. The van der Waals surface area contributed by atoms with Crippen molar-refractivity contribution < 1.29 is 4.79 Å². The maximum atomic E-state index is 11.6. The summed E-state index contributed by atoms with van der Waals surface area (Å²) in [6.45, 7) is 0. The lowest BCUT2D eigenvalue weighted by Crippen LogP contribution is -2.23. The molecule has 2 aromatic rings. The molecule has 0 radical (unpaired) electrons. The molecule has 2 rings (SSSR count). The quantitative estimate of drug-likeness (QED) is 0.792. The third-order valence-electron chi connectivity index (χ3n) is 2.39. The van der Waals surface area contributed by atoms with Crippen molar-refractivity contribution in [2.75, 3.05) is 5.32 Å². The molecule has 0 aliphatic heterocycles. The monoisotopic (exact) mass is 364 g/mol. The number of nitrogens with one attached hydrogen (secondary N) is 2. The first-order chi connectivity index (χ1) is 9.24. The van der Waals surface area contributed by atoms with Gasteiger partial charge in [-0.1, -0.05) is 30.3 Å². The van der Waals surface area contributed by atoms with Crippen molar-refractivity contribution >= 4 is 40.4 Å². The maximum absolute atomic E-state index is 11.6. The van der Waals surface area contributed by atoms with Gasteiger partial charge in [0.25, 0.3) is 0 Å². The Labute approximate surface area is 125 Å². The molecule has 2 aromatic carbocycles. The normalized spacial score (nSPS) is 10.4. The first kappa shape index (κ1) is 13.6. The second-order valence-electron chi connectivity index (χ2n) is 3.85. The zero-order valence-corrected chi connectivity index (χ0v) is 12.3. The minimum atomic E-state index is -0.256. The molecular weight excluding hydrogens is 351 g/mol. The largest absolute Gasteiger partial charge is 0.323 e. The lowest BCUT2D eigenvalue weighted by Gasteiger charge is -2.04. The fourth-order valence-electron chi connectivity index (χ4n) is 1.48. The molecule has 0 spiro atoms. The summed E-state index contributed by atoms with van der Waals surface area (Å²) in [5, 5.41) is 5.41. The van der Waals surface area contributed by atoms with E-state index in [9.17, 15) is 4.79 Å². The standard InChI is InChI=1S/C15H13IN2O/c16-13-6-8-14(9-7-13)18-15(19)17-11-10-12-4-2-1-3-5-12/h1-11H,(H2,17,18,19)/b11-10+. The van der Waals surface area contributed by atoms with Crippen LogP contribution in [0.25, 0.3) is 6.08 Å². The van der Waals surface area contributed by atoms with Crippen LogP contribution in [0.3, 0.4) is 0 Å². The van der Waals surface area contributed by atoms with Crippen molar-refractivity contribution in [3.8, 4) is 0 Å². The number of hydrogen-bond acceptors (Lipinski definition) is 1. The molecule has 96 valence electrons. The number of amides is 2. The van der Waals surface area contributed by atoms with Crippen LogP contribution in [0.4, 0.5) is 10.5 Å². The molecule has 2 N–H and O–H groups in total. The van der Waals surface area contributed by atoms with Crippen LogP contribution in [0.5, 0.6) is 0 Å². The molecule has 0 fully saturated rings. The van der Waals surface area contributed by atoms with Gasteiger partial charge in [-0.05, 0) is 58.5 Å². The van der Waals surface area contributed by atoms with Gasteiger partial charge in [-0.3, -0.25) is 0 Å². The maximum Gasteiger partial charge on any atom is 0.323 e. The molecule has 0 aromatic heterocycles. The van der Waals surface area contributed by atoms with E-state index >= 15 is 0 Å². The molecule has 4 heteroatoms. The average Bonchev–Trinajstić information content (AvgIpc) is 2.43. The Bertz CT molecular complexity index is 564. The van der Waals surface area contributed by atoms with Crippen LogP contribution in [-0.2, 0) is 0 Å². The highest BCUT2D eigenvalue weighted by Gasteiger charge is 1.98.